The van der Waals surface area contributed by atoms with Crippen molar-refractivity contribution in [2.45, 2.75) is 12.2 Å². The summed E-state index contributed by atoms with van der Waals surface area (Å²) in [7, 11) is -3.07. The summed E-state index contributed by atoms with van der Waals surface area (Å²) in [5.74, 6) is -0.130. The summed E-state index contributed by atoms with van der Waals surface area (Å²) in [4.78, 5) is 25.7. The Labute approximate surface area is 106 Å². The summed E-state index contributed by atoms with van der Waals surface area (Å²) in [6.45, 7) is 2.75. The lowest BCUT2D eigenvalue weighted by atomic mass is 10.2. The maximum absolute atomic E-state index is 11.8. The topological polar surface area (TPSA) is 84.0 Å². The second-order valence-electron chi connectivity index (χ2n) is 4.41. The van der Waals surface area contributed by atoms with E-state index in [2.05, 4.69) is 0 Å². The van der Waals surface area contributed by atoms with Crippen LogP contribution in [0, 0.1) is 0 Å². The van der Waals surface area contributed by atoms with Gasteiger partial charge in [0, 0.05) is 18.8 Å². The molecule has 0 aromatic rings. The third-order valence-electron chi connectivity index (χ3n) is 3.28. The summed E-state index contributed by atoms with van der Waals surface area (Å²) < 4.78 is 27.8. The smallest absolute Gasteiger partial charge is 0.410 e. The van der Waals surface area contributed by atoms with E-state index in [1.54, 1.807) is 6.92 Å². The van der Waals surface area contributed by atoms with Crippen LogP contribution in [0.4, 0.5) is 4.79 Å². The molecule has 0 saturated carbocycles. The van der Waals surface area contributed by atoms with Gasteiger partial charge in [-0.15, -0.1) is 0 Å². The van der Waals surface area contributed by atoms with Crippen molar-refractivity contribution in [3.8, 4) is 0 Å². The number of sulfone groups is 1. The van der Waals surface area contributed by atoms with Crippen molar-refractivity contribution in [2.75, 3.05) is 38.5 Å². The SMILES string of the molecule is CCS(=O)(=O)C1CN(C(=O)CN2CCOC2=O)C1. The monoisotopic (exact) mass is 276 g/mol. The number of nitrogens with zero attached hydrogens (tertiary/aromatic N) is 2. The van der Waals surface area contributed by atoms with E-state index in [-0.39, 0.29) is 31.3 Å². The minimum atomic E-state index is -3.07. The standard InChI is InChI=1S/C10H16N2O5S/c1-2-18(15,16)8-5-12(6-8)9(13)7-11-3-4-17-10(11)14/h8H,2-7H2,1H3. The van der Waals surface area contributed by atoms with Crippen LogP contribution in [0.2, 0.25) is 0 Å². The lowest BCUT2D eigenvalue weighted by Gasteiger charge is -2.39. The van der Waals surface area contributed by atoms with Crippen LogP contribution in [-0.2, 0) is 19.4 Å². The molecule has 8 heteroatoms. The zero-order valence-electron chi connectivity index (χ0n) is 10.2. The number of cyclic esters (lactones) is 1. The zero-order valence-corrected chi connectivity index (χ0v) is 11.0. The number of carbonyl (C=O) groups is 2. The first-order valence-electron chi connectivity index (χ1n) is 5.85. The molecule has 2 heterocycles. The van der Waals surface area contributed by atoms with Gasteiger partial charge in [-0.05, 0) is 0 Å². The molecule has 0 aliphatic carbocycles. The predicted molar refractivity (Wildman–Crippen MR) is 62.7 cm³/mol. The molecule has 2 aliphatic rings. The number of carbonyl (C=O) groups excluding carboxylic acids is 2. The molecule has 0 N–H and O–H groups in total. The van der Waals surface area contributed by atoms with Gasteiger partial charge in [0.2, 0.25) is 5.91 Å². The van der Waals surface area contributed by atoms with Crippen LogP contribution in [0.15, 0.2) is 0 Å². The number of hydrogen-bond donors (Lipinski definition) is 0. The van der Waals surface area contributed by atoms with Crippen molar-refractivity contribution in [3.05, 3.63) is 0 Å². The minimum Gasteiger partial charge on any atom is -0.448 e. The number of amides is 2. The summed E-state index contributed by atoms with van der Waals surface area (Å²) in [5.41, 5.74) is 0. The van der Waals surface area contributed by atoms with E-state index in [9.17, 15) is 18.0 Å². The van der Waals surface area contributed by atoms with Gasteiger partial charge in [-0.2, -0.15) is 0 Å². The highest BCUT2D eigenvalue weighted by atomic mass is 32.2. The molecule has 0 aromatic carbocycles. The van der Waals surface area contributed by atoms with E-state index in [1.807, 2.05) is 0 Å². The van der Waals surface area contributed by atoms with E-state index in [0.29, 0.717) is 13.2 Å². The summed E-state index contributed by atoms with van der Waals surface area (Å²) in [5, 5.41) is -0.447. The molecule has 0 atom stereocenters. The fourth-order valence-corrected chi connectivity index (χ4v) is 3.22. The van der Waals surface area contributed by atoms with E-state index in [0.717, 1.165) is 0 Å². The zero-order chi connectivity index (χ0) is 13.3. The molecule has 0 aromatic heterocycles. The molecule has 0 radical (unpaired) electrons. The van der Waals surface area contributed by atoms with Crippen LogP contribution < -0.4 is 0 Å². The van der Waals surface area contributed by atoms with Crippen LogP contribution in [0.5, 0.6) is 0 Å². The lowest BCUT2D eigenvalue weighted by Crippen LogP contribution is -2.59. The molecule has 7 nitrogen and oxygen atoms in total. The molecule has 0 unspecified atom stereocenters. The van der Waals surface area contributed by atoms with Gasteiger partial charge in [0.15, 0.2) is 9.84 Å². The Morgan fingerprint density at radius 1 is 1.44 bits per heavy atom. The fourth-order valence-electron chi connectivity index (χ4n) is 1.94. The first-order valence-corrected chi connectivity index (χ1v) is 7.56. The van der Waals surface area contributed by atoms with Crippen molar-refractivity contribution < 1.29 is 22.7 Å². The van der Waals surface area contributed by atoms with E-state index in [4.69, 9.17) is 4.74 Å². The van der Waals surface area contributed by atoms with Crippen molar-refractivity contribution in [1.29, 1.82) is 0 Å². The van der Waals surface area contributed by atoms with Gasteiger partial charge >= 0.3 is 6.09 Å². The van der Waals surface area contributed by atoms with Crippen molar-refractivity contribution in [2.24, 2.45) is 0 Å². The van der Waals surface area contributed by atoms with Gasteiger partial charge in [0.05, 0.1) is 11.8 Å². The quantitative estimate of drug-likeness (QED) is 0.663. The average molecular weight is 276 g/mol. The lowest BCUT2D eigenvalue weighted by molar-refractivity contribution is -0.134. The predicted octanol–water partition coefficient (Wildman–Crippen LogP) is -0.916. The minimum absolute atomic E-state index is 0.0300. The van der Waals surface area contributed by atoms with Crippen LogP contribution in [-0.4, -0.2) is 74.0 Å². The normalized spacial score (nSPS) is 20.8. The summed E-state index contributed by atoms with van der Waals surface area (Å²) in [6.07, 6.45) is -0.485. The molecule has 2 aliphatic heterocycles. The Morgan fingerprint density at radius 3 is 2.61 bits per heavy atom. The Balaban J connectivity index is 1.82. The summed E-state index contributed by atoms with van der Waals surface area (Å²) in [6, 6.07) is 0. The Bertz CT molecular complexity index is 455. The highest BCUT2D eigenvalue weighted by Gasteiger charge is 2.39. The summed E-state index contributed by atoms with van der Waals surface area (Å²) >= 11 is 0. The number of likely N-dealkylation sites (tertiary alicyclic amines) is 1. The molecule has 0 spiro atoms. The van der Waals surface area contributed by atoms with Crippen molar-refractivity contribution in [1.82, 2.24) is 9.80 Å². The molecule has 0 bridgehead atoms. The second kappa shape index (κ2) is 4.75. The van der Waals surface area contributed by atoms with Crippen LogP contribution in [0.3, 0.4) is 0 Å². The molecule has 18 heavy (non-hydrogen) atoms. The van der Waals surface area contributed by atoms with Gasteiger partial charge in [0.1, 0.15) is 13.2 Å². The van der Waals surface area contributed by atoms with Gasteiger partial charge < -0.3 is 9.64 Å². The molecular weight excluding hydrogens is 260 g/mol. The Hall–Kier alpha value is -1.31. The van der Waals surface area contributed by atoms with Crippen LogP contribution in [0.25, 0.3) is 0 Å². The molecule has 2 fully saturated rings. The maximum Gasteiger partial charge on any atom is 0.410 e. The van der Waals surface area contributed by atoms with Crippen LogP contribution in [0.1, 0.15) is 6.92 Å². The molecule has 102 valence electrons. The Kier molecular flexibility index (Phi) is 3.47. The van der Waals surface area contributed by atoms with Crippen LogP contribution >= 0.6 is 0 Å². The second-order valence-corrected chi connectivity index (χ2v) is 6.98. The first kappa shape index (κ1) is 13.1. The fraction of sp³-hybridized carbons (Fsp3) is 0.800. The maximum atomic E-state index is 11.8. The van der Waals surface area contributed by atoms with E-state index in [1.165, 1.54) is 9.80 Å². The highest BCUT2D eigenvalue weighted by molar-refractivity contribution is 7.92. The molecular formula is C10H16N2O5S. The number of ether oxygens (including phenoxy) is 1. The van der Waals surface area contributed by atoms with Gasteiger partial charge in [-0.3, -0.25) is 9.69 Å². The molecule has 2 saturated heterocycles. The number of rotatable bonds is 4. The molecule has 2 amide bonds. The van der Waals surface area contributed by atoms with E-state index < -0.39 is 21.2 Å². The first-order chi connectivity index (χ1) is 8.44. The van der Waals surface area contributed by atoms with Crippen molar-refractivity contribution in [3.63, 3.8) is 0 Å². The van der Waals surface area contributed by atoms with E-state index >= 15 is 0 Å². The Morgan fingerprint density at radius 2 is 2.11 bits per heavy atom. The average Bonchev–Trinajstić information content (AvgIpc) is 2.62. The van der Waals surface area contributed by atoms with Crippen molar-refractivity contribution >= 4 is 21.8 Å². The van der Waals surface area contributed by atoms with Gasteiger partial charge in [0.25, 0.3) is 0 Å². The molecule has 2 rings (SSSR count). The largest absolute Gasteiger partial charge is 0.448 e. The number of hydrogen-bond acceptors (Lipinski definition) is 5. The van der Waals surface area contributed by atoms with Gasteiger partial charge in [-0.1, -0.05) is 6.92 Å². The highest BCUT2D eigenvalue weighted by Crippen LogP contribution is 2.17. The van der Waals surface area contributed by atoms with Gasteiger partial charge in [-0.25, -0.2) is 13.2 Å². The third-order valence-corrected chi connectivity index (χ3v) is 5.40. The third kappa shape index (κ3) is 2.43.